The van der Waals surface area contributed by atoms with E-state index in [0.29, 0.717) is 23.6 Å². The van der Waals surface area contributed by atoms with E-state index >= 15 is 0 Å². The minimum Gasteiger partial charge on any atom is -0.356 e. The SMILES string of the molecule is CN(C)c1nccc(N(C)C2CCN(c3nccc(C#N)n3)CC2)n1. The van der Waals surface area contributed by atoms with Gasteiger partial charge in [-0.1, -0.05) is 0 Å². The molecule has 3 rings (SSSR count). The van der Waals surface area contributed by atoms with Crippen LogP contribution < -0.4 is 14.7 Å². The summed E-state index contributed by atoms with van der Waals surface area (Å²) >= 11 is 0. The zero-order valence-electron chi connectivity index (χ0n) is 14.8. The summed E-state index contributed by atoms with van der Waals surface area (Å²) in [4.78, 5) is 23.7. The van der Waals surface area contributed by atoms with Crippen LogP contribution in [0.5, 0.6) is 0 Å². The Morgan fingerprint density at radius 3 is 2.48 bits per heavy atom. The Morgan fingerprint density at radius 1 is 1.08 bits per heavy atom. The van der Waals surface area contributed by atoms with Crippen molar-refractivity contribution >= 4 is 17.7 Å². The Labute approximate surface area is 147 Å². The van der Waals surface area contributed by atoms with Crippen molar-refractivity contribution in [3.63, 3.8) is 0 Å². The van der Waals surface area contributed by atoms with Crippen LogP contribution in [0.15, 0.2) is 24.5 Å². The Hall–Kier alpha value is -2.95. The highest BCUT2D eigenvalue weighted by atomic mass is 15.3. The average molecular weight is 338 g/mol. The number of piperidine rings is 1. The van der Waals surface area contributed by atoms with Crippen molar-refractivity contribution in [2.45, 2.75) is 18.9 Å². The molecule has 1 saturated heterocycles. The molecule has 0 radical (unpaired) electrons. The van der Waals surface area contributed by atoms with Crippen LogP contribution in [0.2, 0.25) is 0 Å². The molecule has 1 aliphatic heterocycles. The van der Waals surface area contributed by atoms with Crippen molar-refractivity contribution in [1.82, 2.24) is 19.9 Å². The van der Waals surface area contributed by atoms with Gasteiger partial charge in [-0.3, -0.25) is 0 Å². The van der Waals surface area contributed by atoms with Crippen molar-refractivity contribution in [1.29, 1.82) is 5.26 Å². The van der Waals surface area contributed by atoms with E-state index in [4.69, 9.17) is 5.26 Å². The largest absolute Gasteiger partial charge is 0.356 e. The molecule has 2 aromatic heterocycles. The molecule has 0 aromatic carbocycles. The molecule has 1 aliphatic rings. The topological polar surface area (TPSA) is 85.1 Å². The second-order valence-corrected chi connectivity index (χ2v) is 6.29. The predicted octanol–water partition coefficient (Wildman–Crippen LogP) is 1.31. The summed E-state index contributed by atoms with van der Waals surface area (Å²) in [5.74, 6) is 2.28. The maximum Gasteiger partial charge on any atom is 0.226 e. The van der Waals surface area contributed by atoms with Gasteiger partial charge in [0.25, 0.3) is 0 Å². The maximum absolute atomic E-state index is 8.98. The van der Waals surface area contributed by atoms with Gasteiger partial charge in [0.1, 0.15) is 17.6 Å². The first-order chi connectivity index (χ1) is 12.1. The van der Waals surface area contributed by atoms with Gasteiger partial charge in [-0.15, -0.1) is 0 Å². The van der Waals surface area contributed by atoms with E-state index in [1.807, 2.05) is 25.1 Å². The van der Waals surface area contributed by atoms with Gasteiger partial charge in [0.05, 0.1) is 0 Å². The normalized spacial score (nSPS) is 14.9. The van der Waals surface area contributed by atoms with Gasteiger partial charge in [0, 0.05) is 52.7 Å². The smallest absolute Gasteiger partial charge is 0.226 e. The number of anilines is 3. The van der Waals surface area contributed by atoms with Crippen LogP contribution in [0.3, 0.4) is 0 Å². The monoisotopic (exact) mass is 338 g/mol. The fourth-order valence-electron chi connectivity index (χ4n) is 2.95. The van der Waals surface area contributed by atoms with Gasteiger partial charge in [0.2, 0.25) is 11.9 Å². The number of hydrogen-bond acceptors (Lipinski definition) is 8. The average Bonchev–Trinajstić information content (AvgIpc) is 2.67. The number of nitrogens with zero attached hydrogens (tertiary/aromatic N) is 8. The van der Waals surface area contributed by atoms with Crippen molar-refractivity contribution in [3.05, 3.63) is 30.2 Å². The molecule has 0 aliphatic carbocycles. The third kappa shape index (κ3) is 3.76. The summed E-state index contributed by atoms with van der Waals surface area (Å²) in [6.07, 6.45) is 5.41. The molecule has 0 spiro atoms. The second kappa shape index (κ2) is 7.30. The summed E-state index contributed by atoms with van der Waals surface area (Å²) in [7, 11) is 5.95. The minimum atomic E-state index is 0.403. The van der Waals surface area contributed by atoms with Gasteiger partial charge in [-0.25, -0.2) is 15.0 Å². The van der Waals surface area contributed by atoms with E-state index in [1.54, 1.807) is 18.5 Å². The quantitative estimate of drug-likeness (QED) is 0.825. The second-order valence-electron chi connectivity index (χ2n) is 6.29. The van der Waals surface area contributed by atoms with Gasteiger partial charge in [0.15, 0.2) is 0 Å². The first-order valence-corrected chi connectivity index (χ1v) is 8.30. The predicted molar refractivity (Wildman–Crippen MR) is 96.7 cm³/mol. The summed E-state index contributed by atoms with van der Waals surface area (Å²) in [6, 6.07) is 6.04. The van der Waals surface area contributed by atoms with E-state index < -0.39 is 0 Å². The van der Waals surface area contributed by atoms with E-state index in [9.17, 15) is 0 Å². The summed E-state index contributed by atoms with van der Waals surface area (Å²) in [5.41, 5.74) is 0.404. The Kier molecular flexibility index (Phi) is 4.93. The standard InChI is InChI=1S/C17H22N8/c1-23(2)16-19-9-5-15(22-16)24(3)14-6-10-25(11-7-14)17-20-8-4-13(12-18)21-17/h4-5,8-9,14H,6-7,10-11H2,1-3H3. The highest BCUT2D eigenvalue weighted by molar-refractivity contribution is 5.44. The molecule has 0 saturated carbocycles. The maximum atomic E-state index is 8.98. The molecule has 0 bridgehead atoms. The van der Waals surface area contributed by atoms with Crippen molar-refractivity contribution in [2.75, 3.05) is 48.9 Å². The molecule has 8 heteroatoms. The molecule has 2 aromatic rings. The van der Waals surface area contributed by atoms with Crippen molar-refractivity contribution in [2.24, 2.45) is 0 Å². The number of nitriles is 1. The Bertz CT molecular complexity index is 761. The van der Waals surface area contributed by atoms with Crippen LogP contribution in [0.25, 0.3) is 0 Å². The highest BCUT2D eigenvalue weighted by Crippen LogP contribution is 2.23. The first kappa shape index (κ1) is 16.9. The molecule has 0 unspecified atom stereocenters. The van der Waals surface area contributed by atoms with Crippen LogP contribution in [0, 0.1) is 11.3 Å². The van der Waals surface area contributed by atoms with E-state index in [0.717, 1.165) is 31.7 Å². The number of aromatic nitrogens is 4. The van der Waals surface area contributed by atoms with Crippen LogP contribution in [-0.2, 0) is 0 Å². The molecule has 3 heterocycles. The van der Waals surface area contributed by atoms with Gasteiger partial charge in [-0.05, 0) is 25.0 Å². The lowest BCUT2D eigenvalue weighted by atomic mass is 10.0. The molecule has 25 heavy (non-hydrogen) atoms. The molecular formula is C17H22N8. The van der Waals surface area contributed by atoms with Crippen LogP contribution in [-0.4, -0.2) is 60.2 Å². The van der Waals surface area contributed by atoms with Crippen molar-refractivity contribution < 1.29 is 0 Å². The fourth-order valence-corrected chi connectivity index (χ4v) is 2.95. The molecule has 8 nitrogen and oxygen atoms in total. The highest BCUT2D eigenvalue weighted by Gasteiger charge is 2.25. The summed E-state index contributed by atoms with van der Waals surface area (Å²) in [5, 5.41) is 8.98. The lowest BCUT2D eigenvalue weighted by Gasteiger charge is -2.37. The molecule has 0 atom stereocenters. The van der Waals surface area contributed by atoms with Gasteiger partial charge in [-0.2, -0.15) is 10.2 Å². The molecule has 0 amide bonds. The zero-order chi connectivity index (χ0) is 17.8. The van der Waals surface area contributed by atoms with E-state index in [-0.39, 0.29) is 0 Å². The molecule has 0 N–H and O–H groups in total. The van der Waals surface area contributed by atoms with Crippen LogP contribution in [0.1, 0.15) is 18.5 Å². The van der Waals surface area contributed by atoms with Crippen LogP contribution in [0.4, 0.5) is 17.7 Å². The zero-order valence-corrected chi connectivity index (χ0v) is 14.8. The first-order valence-electron chi connectivity index (χ1n) is 8.30. The van der Waals surface area contributed by atoms with E-state index in [2.05, 4.69) is 42.9 Å². The number of rotatable bonds is 4. The van der Waals surface area contributed by atoms with E-state index in [1.165, 1.54) is 0 Å². The lowest BCUT2D eigenvalue weighted by Crippen LogP contribution is -2.44. The molecule has 130 valence electrons. The summed E-state index contributed by atoms with van der Waals surface area (Å²) < 4.78 is 0. The van der Waals surface area contributed by atoms with Crippen molar-refractivity contribution in [3.8, 4) is 6.07 Å². The minimum absolute atomic E-state index is 0.403. The van der Waals surface area contributed by atoms with Crippen LogP contribution >= 0.6 is 0 Å². The summed E-state index contributed by atoms with van der Waals surface area (Å²) in [6.45, 7) is 1.71. The van der Waals surface area contributed by atoms with Gasteiger partial charge < -0.3 is 14.7 Å². The molecular weight excluding hydrogens is 316 g/mol. The third-order valence-electron chi connectivity index (χ3n) is 4.44. The lowest BCUT2D eigenvalue weighted by molar-refractivity contribution is 0.475. The Morgan fingerprint density at radius 2 is 1.80 bits per heavy atom. The molecule has 1 fully saturated rings. The fraction of sp³-hybridized carbons (Fsp3) is 0.471. The third-order valence-corrected chi connectivity index (χ3v) is 4.44. The Balaban J connectivity index is 1.65. The number of hydrogen-bond donors (Lipinski definition) is 0. The van der Waals surface area contributed by atoms with Gasteiger partial charge >= 0.3 is 0 Å².